The summed E-state index contributed by atoms with van der Waals surface area (Å²) in [5.41, 5.74) is 0.489. The molecule has 1 aromatic carbocycles. The van der Waals surface area contributed by atoms with E-state index in [0.717, 1.165) is 0 Å². The van der Waals surface area contributed by atoms with Gasteiger partial charge in [0.05, 0.1) is 12.2 Å². The number of ketones is 1. The zero-order valence-corrected chi connectivity index (χ0v) is 7.57. The molecule has 0 amide bonds. The highest BCUT2D eigenvalue weighted by Crippen LogP contribution is 2.24. The Kier molecular flexibility index (Phi) is 2.88. The van der Waals surface area contributed by atoms with Gasteiger partial charge in [0, 0.05) is 12.5 Å². The number of rotatable bonds is 0. The maximum absolute atomic E-state index is 12.6. The lowest BCUT2D eigenvalue weighted by Crippen LogP contribution is -2.15. The fourth-order valence-electron chi connectivity index (χ4n) is 1.23. The van der Waals surface area contributed by atoms with Gasteiger partial charge in [-0.15, -0.1) is 12.4 Å². The summed E-state index contributed by atoms with van der Waals surface area (Å²) in [5.74, 6) is 0.0194. The molecule has 13 heavy (non-hydrogen) atoms. The summed E-state index contributed by atoms with van der Waals surface area (Å²) in [6, 6.07) is 3.98. The molecule has 0 saturated carbocycles. The predicted molar refractivity (Wildman–Crippen MR) is 48.1 cm³/mol. The lowest BCUT2D eigenvalue weighted by molar-refractivity contribution is 0.0933. The third-order valence-corrected chi connectivity index (χ3v) is 1.83. The topological polar surface area (TPSA) is 26.3 Å². The van der Waals surface area contributed by atoms with Gasteiger partial charge in [-0.1, -0.05) is 0 Å². The number of halogens is 2. The Morgan fingerprint density at radius 2 is 2.15 bits per heavy atom. The van der Waals surface area contributed by atoms with Gasteiger partial charge in [-0.3, -0.25) is 4.79 Å². The first-order valence-corrected chi connectivity index (χ1v) is 3.73. The Labute approximate surface area is 81.1 Å². The number of hydrogen-bond acceptors (Lipinski definition) is 2. The first-order chi connectivity index (χ1) is 5.77. The van der Waals surface area contributed by atoms with Crippen molar-refractivity contribution in [1.29, 1.82) is 0 Å². The molecule has 4 heteroatoms. The van der Waals surface area contributed by atoms with Crippen LogP contribution in [0.15, 0.2) is 18.2 Å². The highest BCUT2D eigenvalue weighted by atomic mass is 35.5. The predicted octanol–water partition coefficient (Wildman–Crippen LogP) is 2.21. The van der Waals surface area contributed by atoms with Crippen molar-refractivity contribution >= 4 is 18.2 Å². The van der Waals surface area contributed by atoms with Crippen molar-refractivity contribution in [2.45, 2.75) is 6.42 Å². The summed E-state index contributed by atoms with van der Waals surface area (Å²) in [6.07, 6.45) is 0.388. The Morgan fingerprint density at radius 3 is 2.92 bits per heavy atom. The molecule has 0 N–H and O–H groups in total. The molecule has 0 radical (unpaired) electrons. The van der Waals surface area contributed by atoms with Crippen molar-refractivity contribution in [3.63, 3.8) is 0 Å². The standard InChI is InChI=1S/C9H7FO2.ClH/c10-6-1-2-7-8(11)3-4-12-9(7)5-6;/h1-2,5H,3-4H2;1H. The summed E-state index contributed by atoms with van der Waals surface area (Å²) in [4.78, 5) is 11.2. The third kappa shape index (κ3) is 1.80. The van der Waals surface area contributed by atoms with Gasteiger partial charge in [0.2, 0.25) is 0 Å². The van der Waals surface area contributed by atoms with Crippen LogP contribution in [0.2, 0.25) is 0 Å². The lowest BCUT2D eigenvalue weighted by Gasteiger charge is -2.15. The molecule has 1 aliphatic rings. The molecule has 0 unspecified atom stereocenters. The molecule has 1 heterocycles. The molecule has 2 rings (SSSR count). The van der Waals surface area contributed by atoms with Gasteiger partial charge in [0.1, 0.15) is 11.6 Å². The van der Waals surface area contributed by atoms with Crippen LogP contribution < -0.4 is 4.74 Å². The molecule has 1 aromatic rings. The van der Waals surface area contributed by atoms with Gasteiger partial charge in [-0.2, -0.15) is 0 Å². The van der Waals surface area contributed by atoms with E-state index in [9.17, 15) is 9.18 Å². The summed E-state index contributed by atoms with van der Waals surface area (Å²) in [5, 5.41) is 0. The van der Waals surface area contributed by atoms with Crippen molar-refractivity contribution in [3.8, 4) is 5.75 Å². The molecular formula is C9H8ClFO2. The van der Waals surface area contributed by atoms with Crippen LogP contribution in [0.3, 0.4) is 0 Å². The number of fused-ring (bicyclic) bond motifs is 1. The summed E-state index contributed by atoms with van der Waals surface area (Å²) in [7, 11) is 0. The Morgan fingerprint density at radius 1 is 1.38 bits per heavy atom. The monoisotopic (exact) mass is 202 g/mol. The molecule has 70 valence electrons. The number of carbonyl (C=O) groups is 1. The minimum absolute atomic E-state index is 0. The molecule has 0 aromatic heterocycles. The molecule has 1 aliphatic heterocycles. The molecule has 0 aliphatic carbocycles. The highest BCUT2D eigenvalue weighted by Gasteiger charge is 2.18. The molecule has 0 fully saturated rings. The number of carbonyl (C=O) groups excluding carboxylic acids is 1. The highest BCUT2D eigenvalue weighted by molar-refractivity contribution is 5.99. The van der Waals surface area contributed by atoms with Crippen molar-refractivity contribution in [3.05, 3.63) is 29.6 Å². The number of hydrogen-bond donors (Lipinski definition) is 0. The van der Waals surface area contributed by atoms with Crippen LogP contribution in [-0.4, -0.2) is 12.4 Å². The summed E-state index contributed by atoms with van der Waals surface area (Å²) >= 11 is 0. The fourth-order valence-corrected chi connectivity index (χ4v) is 1.23. The Balaban J connectivity index is 0.000000845. The number of benzene rings is 1. The van der Waals surface area contributed by atoms with E-state index in [1.54, 1.807) is 0 Å². The van der Waals surface area contributed by atoms with Crippen LogP contribution in [0.4, 0.5) is 4.39 Å². The average molecular weight is 203 g/mol. The van der Waals surface area contributed by atoms with Gasteiger partial charge < -0.3 is 4.74 Å². The van der Waals surface area contributed by atoms with E-state index < -0.39 is 0 Å². The zero-order chi connectivity index (χ0) is 8.55. The SMILES string of the molecule is Cl.O=C1CCOc2cc(F)ccc21. The first-order valence-electron chi connectivity index (χ1n) is 3.73. The average Bonchev–Trinajstić information content (AvgIpc) is 2.04. The van der Waals surface area contributed by atoms with Crippen LogP contribution in [0.25, 0.3) is 0 Å². The van der Waals surface area contributed by atoms with Crippen molar-refractivity contribution in [2.24, 2.45) is 0 Å². The lowest BCUT2D eigenvalue weighted by atomic mass is 10.1. The first kappa shape index (κ1) is 9.99. The van der Waals surface area contributed by atoms with E-state index in [4.69, 9.17) is 4.74 Å². The van der Waals surface area contributed by atoms with Gasteiger partial charge >= 0.3 is 0 Å². The maximum atomic E-state index is 12.6. The van der Waals surface area contributed by atoms with Crippen LogP contribution in [0.1, 0.15) is 16.8 Å². The maximum Gasteiger partial charge on any atom is 0.169 e. The van der Waals surface area contributed by atoms with Crippen molar-refractivity contribution < 1.29 is 13.9 Å². The second-order valence-electron chi connectivity index (χ2n) is 2.66. The van der Waals surface area contributed by atoms with E-state index in [1.807, 2.05) is 0 Å². The Bertz CT molecular complexity index is 338. The molecule has 0 atom stereocenters. The fraction of sp³-hybridized carbons (Fsp3) is 0.222. The van der Waals surface area contributed by atoms with Gasteiger partial charge in [-0.05, 0) is 12.1 Å². The second-order valence-corrected chi connectivity index (χ2v) is 2.66. The molecular weight excluding hydrogens is 195 g/mol. The van der Waals surface area contributed by atoms with Gasteiger partial charge in [-0.25, -0.2) is 4.39 Å². The van der Waals surface area contributed by atoms with Crippen LogP contribution >= 0.6 is 12.4 Å². The smallest absolute Gasteiger partial charge is 0.169 e. The van der Waals surface area contributed by atoms with E-state index in [2.05, 4.69) is 0 Å². The van der Waals surface area contributed by atoms with E-state index in [-0.39, 0.29) is 24.0 Å². The molecule has 0 saturated heterocycles. The Hall–Kier alpha value is -1.09. The molecule has 2 nitrogen and oxygen atoms in total. The second kappa shape index (κ2) is 3.75. The largest absolute Gasteiger partial charge is 0.492 e. The van der Waals surface area contributed by atoms with Crippen LogP contribution in [0.5, 0.6) is 5.75 Å². The van der Waals surface area contributed by atoms with Crippen LogP contribution in [0, 0.1) is 5.82 Å². The number of ether oxygens (including phenoxy) is 1. The third-order valence-electron chi connectivity index (χ3n) is 1.83. The normalized spacial score (nSPS) is 14.1. The van der Waals surface area contributed by atoms with Crippen molar-refractivity contribution in [2.75, 3.05) is 6.61 Å². The molecule has 0 spiro atoms. The van der Waals surface area contributed by atoms with E-state index in [1.165, 1.54) is 18.2 Å². The van der Waals surface area contributed by atoms with Gasteiger partial charge in [0.15, 0.2) is 5.78 Å². The quantitative estimate of drug-likeness (QED) is 0.645. The minimum Gasteiger partial charge on any atom is -0.492 e. The van der Waals surface area contributed by atoms with Crippen molar-refractivity contribution in [1.82, 2.24) is 0 Å². The number of Topliss-reactive ketones (excluding diaryl/α,β-unsaturated/α-hetero) is 1. The van der Waals surface area contributed by atoms with Crippen LogP contribution in [-0.2, 0) is 0 Å². The molecule has 0 bridgehead atoms. The summed E-state index contributed by atoms with van der Waals surface area (Å²) < 4.78 is 17.7. The zero-order valence-electron chi connectivity index (χ0n) is 6.75. The van der Waals surface area contributed by atoms with E-state index in [0.29, 0.717) is 24.3 Å². The van der Waals surface area contributed by atoms with E-state index >= 15 is 0 Å². The minimum atomic E-state index is -0.372. The van der Waals surface area contributed by atoms with Gasteiger partial charge in [0.25, 0.3) is 0 Å². The summed E-state index contributed by atoms with van der Waals surface area (Å²) in [6.45, 7) is 0.356.